The second kappa shape index (κ2) is 4.25. The lowest BCUT2D eigenvalue weighted by atomic mass is 10.3. The Bertz CT molecular complexity index is 294. The summed E-state index contributed by atoms with van der Waals surface area (Å²) in [6.07, 6.45) is 1.31. The lowest BCUT2D eigenvalue weighted by Gasteiger charge is -2.12. The third kappa shape index (κ3) is 2.43. The van der Waals surface area contributed by atoms with Crippen LogP contribution >= 0.6 is 11.6 Å². The van der Waals surface area contributed by atoms with Crippen molar-refractivity contribution in [3.05, 3.63) is 11.5 Å². The molecule has 4 N–H and O–H groups in total. The van der Waals surface area contributed by atoms with E-state index in [1.165, 1.54) is 6.33 Å². The number of hydrogen-bond donors (Lipinski definition) is 3. The molecule has 0 saturated heterocycles. The molecule has 0 spiro atoms. The van der Waals surface area contributed by atoms with E-state index >= 15 is 0 Å². The molecule has 0 aliphatic rings. The second-order valence-electron chi connectivity index (χ2n) is 2.65. The SMILES string of the molecule is CC(CO)Nc1ncnc(Cl)c1N. The Kier molecular flexibility index (Phi) is 3.27. The van der Waals surface area contributed by atoms with E-state index in [0.29, 0.717) is 11.5 Å². The summed E-state index contributed by atoms with van der Waals surface area (Å²) >= 11 is 5.66. The van der Waals surface area contributed by atoms with Gasteiger partial charge in [0.15, 0.2) is 11.0 Å². The number of rotatable bonds is 3. The fourth-order valence-electron chi connectivity index (χ4n) is 0.768. The average Bonchev–Trinajstić information content (AvgIpc) is 2.13. The van der Waals surface area contributed by atoms with E-state index in [0.717, 1.165) is 0 Å². The number of anilines is 2. The molecule has 0 aliphatic carbocycles. The molecule has 0 aromatic carbocycles. The molecule has 1 heterocycles. The lowest BCUT2D eigenvalue weighted by Crippen LogP contribution is -2.21. The normalized spacial score (nSPS) is 12.5. The summed E-state index contributed by atoms with van der Waals surface area (Å²) in [6, 6.07) is -0.117. The van der Waals surface area contributed by atoms with Crippen LogP contribution in [0.2, 0.25) is 5.15 Å². The van der Waals surface area contributed by atoms with Gasteiger partial charge < -0.3 is 16.2 Å². The van der Waals surface area contributed by atoms with Crippen LogP contribution in [0.3, 0.4) is 0 Å². The number of nitrogens with one attached hydrogen (secondary N) is 1. The smallest absolute Gasteiger partial charge is 0.157 e. The molecule has 0 radical (unpaired) electrons. The first-order valence-electron chi connectivity index (χ1n) is 3.78. The quantitative estimate of drug-likeness (QED) is 0.622. The predicted molar refractivity (Wildman–Crippen MR) is 51.6 cm³/mol. The van der Waals surface area contributed by atoms with Crippen LogP contribution in [0, 0.1) is 0 Å². The van der Waals surface area contributed by atoms with Gasteiger partial charge in [-0.3, -0.25) is 0 Å². The summed E-state index contributed by atoms with van der Waals surface area (Å²) in [5, 5.41) is 11.9. The Balaban J connectivity index is 2.83. The summed E-state index contributed by atoms with van der Waals surface area (Å²) in [5.41, 5.74) is 5.88. The highest BCUT2D eigenvalue weighted by Crippen LogP contribution is 2.22. The van der Waals surface area contributed by atoms with Gasteiger partial charge in [0.2, 0.25) is 0 Å². The van der Waals surface area contributed by atoms with Crippen LogP contribution in [-0.4, -0.2) is 27.7 Å². The third-order valence-electron chi connectivity index (χ3n) is 1.49. The maximum atomic E-state index is 8.78. The maximum Gasteiger partial charge on any atom is 0.157 e. The monoisotopic (exact) mass is 202 g/mol. The van der Waals surface area contributed by atoms with Crippen LogP contribution < -0.4 is 11.1 Å². The van der Waals surface area contributed by atoms with E-state index < -0.39 is 0 Å². The zero-order valence-corrected chi connectivity index (χ0v) is 7.91. The first-order valence-corrected chi connectivity index (χ1v) is 4.16. The zero-order chi connectivity index (χ0) is 9.84. The van der Waals surface area contributed by atoms with Crippen molar-refractivity contribution in [3.63, 3.8) is 0 Å². The van der Waals surface area contributed by atoms with Crippen molar-refractivity contribution >= 4 is 23.1 Å². The van der Waals surface area contributed by atoms with Gasteiger partial charge in [0.25, 0.3) is 0 Å². The summed E-state index contributed by atoms with van der Waals surface area (Å²) in [4.78, 5) is 7.58. The van der Waals surface area contributed by atoms with Crippen LogP contribution in [0.5, 0.6) is 0 Å². The Hall–Kier alpha value is -1.07. The molecular weight excluding hydrogens is 192 g/mol. The zero-order valence-electron chi connectivity index (χ0n) is 7.16. The van der Waals surface area contributed by atoms with E-state index in [4.69, 9.17) is 22.4 Å². The van der Waals surface area contributed by atoms with Crippen molar-refractivity contribution in [3.8, 4) is 0 Å². The molecule has 0 aliphatic heterocycles. The standard InChI is InChI=1S/C7H11ClN4O/c1-4(2-13)12-7-5(9)6(8)10-3-11-7/h3-4,13H,2,9H2,1H3,(H,10,11,12). The number of nitrogens with two attached hydrogens (primary N) is 1. The first-order chi connectivity index (χ1) is 6.15. The number of halogens is 1. The number of hydrogen-bond acceptors (Lipinski definition) is 5. The summed E-state index contributed by atoms with van der Waals surface area (Å²) in [7, 11) is 0. The van der Waals surface area contributed by atoms with Crippen molar-refractivity contribution in [2.24, 2.45) is 0 Å². The molecule has 13 heavy (non-hydrogen) atoms. The van der Waals surface area contributed by atoms with Crippen LogP contribution in [0.1, 0.15) is 6.92 Å². The van der Waals surface area contributed by atoms with Gasteiger partial charge in [0.05, 0.1) is 6.61 Å². The second-order valence-corrected chi connectivity index (χ2v) is 3.01. The van der Waals surface area contributed by atoms with Crippen LogP contribution in [-0.2, 0) is 0 Å². The number of nitrogens with zero attached hydrogens (tertiary/aromatic N) is 2. The van der Waals surface area contributed by atoms with E-state index in [1.54, 1.807) is 6.92 Å². The molecule has 0 fully saturated rings. The summed E-state index contributed by atoms with van der Waals surface area (Å²) < 4.78 is 0. The Labute approximate surface area is 81.0 Å². The largest absolute Gasteiger partial charge is 0.394 e. The molecule has 0 bridgehead atoms. The lowest BCUT2D eigenvalue weighted by molar-refractivity contribution is 0.281. The number of aliphatic hydroxyl groups is 1. The number of nitrogen functional groups attached to an aromatic ring is 1. The van der Waals surface area contributed by atoms with Gasteiger partial charge in [-0.25, -0.2) is 9.97 Å². The van der Waals surface area contributed by atoms with Crippen LogP contribution in [0.4, 0.5) is 11.5 Å². The Morgan fingerprint density at radius 1 is 1.69 bits per heavy atom. The van der Waals surface area contributed by atoms with Gasteiger partial charge in [-0.15, -0.1) is 0 Å². The fraction of sp³-hybridized carbons (Fsp3) is 0.429. The van der Waals surface area contributed by atoms with E-state index in [1.807, 2.05) is 0 Å². The van der Waals surface area contributed by atoms with Gasteiger partial charge >= 0.3 is 0 Å². The molecule has 6 heteroatoms. The molecule has 1 aromatic heterocycles. The topological polar surface area (TPSA) is 84.1 Å². The molecule has 1 atom stereocenters. The van der Waals surface area contributed by atoms with Gasteiger partial charge in [0, 0.05) is 6.04 Å². The fourth-order valence-corrected chi connectivity index (χ4v) is 0.901. The van der Waals surface area contributed by atoms with Crippen LogP contribution in [0.15, 0.2) is 6.33 Å². The van der Waals surface area contributed by atoms with E-state index in [-0.39, 0.29) is 17.8 Å². The number of aliphatic hydroxyl groups excluding tert-OH is 1. The highest BCUT2D eigenvalue weighted by molar-refractivity contribution is 6.32. The van der Waals surface area contributed by atoms with Gasteiger partial charge in [-0.05, 0) is 6.92 Å². The minimum absolute atomic E-state index is 0.00105. The molecule has 1 aromatic rings. The van der Waals surface area contributed by atoms with Crippen molar-refractivity contribution in [1.82, 2.24) is 9.97 Å². The molecule has 1 unspecified atom stereocenters. The van der Waals surface area contributed by atoms with Gasteiger partial charge in [0.1, 0.15) is 12.0 Å². The minimum Gasteiger partial charge on any atom is -0.394 e. The highest BCUT2D eigenvalue weighted by Gasteiger charge is 2.07. The van der Waals surface area contributed by atoms with Gasteiger partial charge in [-0.1, -0.05) is 11.6 Å². The molecule has 0 saturated carbocycles. The van der Waals surface area contributed by atoms with Crippen molar-refractivity contribution < 1.29 is 5.11 Å². The molecule has 1 rings (SSSR count). The maximum absolute atomic E-state index is 8.78. The predicted octanol–water partition coefficient (Wildman–Crippen LogP) is 0.505. The Morgan fingerprint density at radius 3 is 3.00 bits per heavy atom. The molecule has 72 valence electrons. The molecular formula is C7H11ClN4O. The first kappa shape index (κ1) is 10.0. The van der Waals surface area contributed by atoms with E-state index in [2.05, 4.69) is 15.3 Å². The highest BCUT2D eigenvalue weighted by atomic mass is 35.5. The van der Waals surface area contributed by atoms with Crippen LogP contribution in [0.25, 0.3) is 0 Å². The number of aromatic nitrogens is 2. The van der Waals surface area contributed by atoms with Gasteiger partial charge in [-0.2, -0.15) is 0 Å². The van der Waals surface area contributed by atoms with Crippen molar-refractivity contribution in [2.45, 2.75) is 13.0 Å². The van der Waals surface area contributed by atoms with Crippen molar-refractivity contribution in [1.29, 1.82) is 0 Å². The average molecular weight is 203 g/mol. The van der Waals surface area contributed by atoms with E-state index in [9.17, 15) is 0 Å². The molecule has 0 amide bonds. The minimum atomic E-state index is -0.117. The van der Waals surface area contributed by atoms with Crippen molar-refractivity contribution in [2.75, 3.05) is 17.7 Å². The summed E-state index contributed by atoms with van der Waals surface area (Å²) in [6.45, 7) is 1.80. The summed E-state index contributed by atoms with van der Waals surface area (Å²) in [5.74, 6) is 0.446. The molecule has 5 nitrogen and oxygen atoms in total. The Morgan fingerprint density at radius 2 is 2.38 bits per heavy atom. The third-order valence-corrected chi connectivity index (χ3v) is 1.79.